The average Bonchev–Trinajstić information content (AvgIpc) is 2.84. The number of benzene rings is 2. The Morgan fingerprint density at radius 3 is 1.78 bits per heavy atom. The van der Waals surface area contributed by atoms with Gasteiger partial charge in [0.1, 0.15) is 11.6 Å². The molecule has 0 aliphatic carbocycles. The molecule has 1 unspecified atom stereocenters. The summed E-state index contributed by atoms with van der Waals surface area (Å²) in [5.74, 6) is -0.0729. The molecule has 1 N–H and O–H groups in total. The monoisotopic (exact) mass is 435 g/mol. The molecular formula is C25H29N3O4. The summed E-state index contributed by atoms with van der Waals surface area (Å²) in [4.78, 5) is 25.7. The number of aromatic nitrogens is 3. The molecule has 1 aromatic heterocycles. The molecule has 0 saturated carbocycles. The summed E-state index contributed by atoms with van der Waals surface area (Å²) in [6, 6.07) is 18.6. The van der Waals surface area contributed by atoms with Gasteiger partial charge in [0, 0.05) is 19.4 Å². The van der Waals surface area contributed by atoms with E-state index >= 15 is 0 Å². The third-order valence-corrected chi connectivity index (χ3v) is 5.10. The van der Waals surface area contributed by atoms with Crippen LogP contribution in [-0.2, 0) is 28.0 Å². The second-order valence-electron chi connectivity index (χ2n) is 7.31. The van der Waals surface area contributed by atoms with Gasteiger partial charge in [0.25, 0.3) is 0 Å². The van der Waals surface area contributed by atoms with E-state index in [1.54, 1.807) is 0 Å². The Kier molecular flexibility index (Phi) is 7.89. The van der Waals surface area contributed by atoms with E-state index < -0.39 is 17.7 Å². The van der Waals surface area contributed by atoms with Crippen LogP contribution in [0.3, 0.4) is 0 Å². The van der Waals surface area contributed by atoms with Crippen LogP contribution >= 0.6 is 0 Å². The Morgan fingerprint density at radius 1 is 0.875 bits per heavy atom. The summed E-state index contributed by atoms with van der Waals surface area (Å²) in [5.41, 5.74) is -0.0597. The molecule has 0 aliphatic rings. The molecule has 0 aliphatic heterocycles. The summed E-state index contributed by atoms with van der Waals surface area (Å²) in [7, 11) is 0. The van der Waals surface area contributed by atoms with Gasteiger partial charge in [-0.15, -0.1) is 0 Å². The number of aliphatic carboxylic acids is 1. The fourth-order valence-corrected chi connectivity index (χ4v) is 3.57. The molecule has 0 radical (unpaired) electrons. The maximum atomic E-state index is 12.7. The number of carbonyl (C=O) groups is 1. The molecule has 168 valence electrons. The van der Waals surface area contributed by atoms with Crippen molar-refractivity contribution in [2.24, 2.45) is 0 Å². The molecule has 7 nitrogen and oxygen atoms in total. The highest BCUT2D eigenvalue weighted by Crippen LogP contribution is 2.39. The van der Waals surface area contributed by atoms with Gasteiger partial charge in [0.05, 0.1) is 0 Å². The van der Waals surface area contributed by atoms with Crippen molar-refractivity contribution < 1.29 is 19.4 Å². The Morgan fingerprint density at radius 2 is 1.38 bits per heavy atom. The minimum atomic E-state index is -1.43. The molecule has 7 heteroatoms. The molecule has 3 rings (SSSR count). The number of hydrogen-bond donors (Lipinski definition) is 1. The highest BCUT2D eigenvalue weighted by atomic mass is 16.6. The number of aryl methyl sites for hydroxylation is 2. The average molecular weight is 436 g/mol. The molecule has 1 atom stereocenters. The van der Waals surface area contributed by atoms with Gasteiger partial charge in [-0.2, -0.15) is 9.97 Å². The summed E-state index contributed by atoms with van der Waals surface area (Å²) in [6.07, 6.45) is 0.437. The molecule has 32 heavy (non-hydrogen) atoms. The van der Waals surface area contributed by atoms with Crippen molar-refractivity contribution in [1.29, 1.82) is 0 Å². The maximum Gasteiger partial charge on any atom is 0.348 e. The number of carboxylic acids is 1. The van der Waals surface area contributed by atoms with E-state index in [0.717, 1.165) is 0 Å². The first kappa shape index (κ1) is 23.3. The van der Waals surface area contributed by atoms with Crippen LogP contribution < -0.4 is 4.74 Å². The molecule has 0 spiro atoms. The molecule has 0 saturated heterocycles. The quantitative estimate of drug-likeness (QED) is 0.482. The molecule has 0 fully saturated rings. The zero-order chi connectivity index (χ0) is 23.0. The second-order valence-corrected chi connectivity index (χ2v) is 7.31. The molecule has 3 aromatic rings. The lowest BCUT2D eigenvalue weighted by Crippen LogP contribution is -2.51. The van der Waals surface area contributed by atoms with Crippen molar-refractivity contribution in [2.75, 3.05) is 6.61 Å². The number of ether oxygens (including phenoxy) is 2. The lowest BCUT2D eigenvalue weighted by atomic mass is 9.81. The Bertz CT molecular complexity index is 950. The highest BCUT2D eigenvalue weighted by Gasteiger charge is 2.50. The van der Waals surface area contributed by atoms with Crippen LogP contribution in [0.4, 0.5) is 0 Å². The van der Waals surface area contributed by atoms with Gasteiger partial charge in [-0.05, 0) is 17.5 Å². The Balaban J connectivity index is 2.21. The predicted octanol–water partition coefficient (Wildman–Crippen LogP) is 4.20. The molecule has 0 bridgehead atoms. The van der Waals surface area contributed by atoms with Crippen LogP contribution in [0.2, 0.25) is 0 Å². The van der Waals surface area contributed by atoms with Gasteiger partial charge < -0.3 is 14.6 Å². The van der Waals surface area contributed by atoms with E-state index in [-0.39, 0.29) is 6.01 Å². The van der Waals surface area contributed by atoms with Crippen molar-refractivity contribution in [3.63, 3.8) is 0 Å². The number of nitrogens with zero attached hydrogens (tertiary/aromatic N) is 3. The summed E-state index contributed by atoms with van der Waals surface area (Å²) >= 11 is 0. The summed E-state index contributed by atoms with van der Waals surface area (Å²) in [5, 5.41) is 10.4. The van der Waals surface area contributed by atoms with Crippen LogP contribution in [0.25, 0.3) is 0 Å². The van der Waals surface area contributed by atoms with Gasteiger partial charge in [-0.25, -0.2) is 9.78 Å². The SMILES string of the molecule is CCCOC(c1ccccc1)(c1ccccc1)C(Oc1nc(CC)nc(CC)n1)C(=O)O. The van der Waals surface area contributed by atoms with E-state index in [2.05, 4.69) is 15.0 Å². The Hall–Kier alpha value is -3.32. The third-order valence-electron chi connectivity index (χ3n) is 5.10. The molecule has 2 aromatic carbocycles. The van der Waals surface area contributed by atoms with E-state index in [1.165, 1.54) is 0 Å². The van der Waals surface area contributed by atoms with Crippen LogP contribution in [0.15, 0.2) is 60.7 Å². The van der Waals surface area contributed by atoms with Crippen molar-refractivity contribution in [2.45, 2.75) is 51.7 Å². The minimum absolute atomic E-state index is 0.0163. The van der Waals surface area contributed by atoms with E-state index in [1.807, 2.05) is 81.4 Å². The zero-order valence-electron chi connectivity index (χ0n) is 18.7. The molecule has 0 amide bonds. The van der Waals surface area contributed by atoms with E-state index in [0.29, 0.717) is 48.6 Å². The number of carboxylic acid groups (broad SMARTS) is 1. The summed E-state index contributed by atoms with van der Waals surface area (Å²) in [6.45, 7) is 6.17. The van der Waals surface area contributed by atoms with Crippen LogP contribution in [0, 0.1) is 0 Å². The fourth-order valence-electron chi connectivity index (χ4n) is 3.57. The number of hydrogen-bond acceptors (Lipinski definition) is 6. The van der Waals surface area contributed by atoms with Gasteiger partial charge in [-0.1, -0.05) is 81.4 Å². The normalized spacial score (nSPS) is 12.3. The lowest BCUT2D eigenvalue weighted by Gasteiger charge is -2.38. The third kappa shape index (κ3) is 4.94. The Labute approximate surface area is 188 Å². The first-order valence-corrected chi connectivity index (χ1v) is 10.9. The first-order chi connectivity index (χ1) is 15.5. The van der Waals surface area contributed by atoms with Crippen molar-refractivity contribution in [1.82, 2.24) is 15.0 Å². The first-order valence-electron chi connectivity index (χ1n) is 10.9. The zero-order valence-corrected chi connectivity index (χ0v) is 18.7. The summed E-state index contributed by atoms with van der Waals surface area (Å²) < 4.78 is 12.4. The molecule has 1 heterocycles. The van der Waals surface area contributed by atoms with E-state index in [4.69, 9.17) is 9.47 Å². The van der Waals surface area contributed by atoms with Gasteiger partial charge in [-0.3, -0.25) is 0 Å². The fraction of sp³-hybridized carbons (Fsp3) is 0.360. The molecular weight excluding hydrogens is 406 g/mol. The van der Waals surface area contributed by atoms with Gasteiger partial charge >= 0.3 is 12.0 Å². The van der Waals surface area contributed by atoms with Gasteiger partial charge in [0.15, 0.2) is 5.60 Å². The second kappa shape index (κ2) is 10.8. The van der Waals surface area contributed by atoms with Crippen LogP contribution in [0.5, 0.6) is 6.01 Å². The standard InChI is InChI=1S/C25H29N3O4/c1-4-17-31-25(18-13-9-7-10-14-18,19-15-11-8-12-16-19)22(23(29)30)32-24-27-20(5-2)26-21(6-3)28-24/h7-16,22H,4-6,17H2,1-3H3,(H,29,30). The maximum absolute atomic E-state index is 12.7. The smallest absolute Gasteiger partial charge is 0.348 e. The van der Waals surface area contributed by atoms with E-state index in [9.17, 15) is 9.90 Å². The predicted molar refractivity (Wildman–Crippen MR) is 121 cm³/mol. The largest absolute Gasteiger partial charge is 0.478 e. The van der Waals surface area contributed by atoms with Crippen LogP contribution in [-0.4, -0.2) is 38.7 Å². The highest BCUT2D eigenvalue weighted by molar-refractivity contribution is 5.76. The minimum Gasteiger partial charge on any atom is -0.478 e. The van der Waals surface area contributed by atoms with Crippen LogP contribution in [0.1, 0.15) is 50.0 Å². The van der Waals surface area contributed by atoms with Crippen molar-refractivity contribution in [3.8, 4) is 6.01 Å². The topological polar surface area (TPSA) is 94.4 Å². The van der Waals surface area contributed by atoms with Crippen molar-refractivity contribution in [3.05, 3.63) is 83.4 Å². The number of rotatable bonds is 11. The van der Waals surface area contributed by atoms with Gasteiger partial charge in [0.2, 0.25) is 6.10 Å². The lowest BCUT2D eigenvalue weighted by molar-refractivity contribution is -0.164. The van der Waals surface area contributed by atoms with Crippen molar-refractivity contribution >= 4 is 5.97 Å².